The minimum Gasteiger partial charge on any atom is -0.319 e. The van der Waals surface area contributed by atoms with E-state index < -0.39 is 10.0 Å². The third-order valence-electron chi connectivity index (χ3n) is 3.44. The Morgan fingerprint density at radius 1 is 1.39 bits per heavy atom. The fourth-order valence-electron chi connectivity index (χ4n) is 2.34. The van der Waals surface area contributed by atoms with Gasteiger partial charge in [0.1, 0.15) is 0 Å². The van der Waals surface area contributed by atoms with Crippen molar-refractivity contribution in [3.8, 4) is 0 Å². The summed E-state index contributed by atoms with van der Waals surface area (Å²) in [7, 11) is -3.38. The molecule has 1 aliphatic heterocycles. The van der Waals surface area contributed by atoms with Crippen LogP contribution in [-0.4, -0.2) is 37.1 Å². The average molecular weight is 352 g/mol. The van der Waals surface area contributed by atoms with Crippen molar-refractivity contribution in [1.82, 2.24) is 9.97 Å². The lowest BCUT2D eigenvalue weighted by Crippen LogP contribution is -2.34. The summed E-state index contributed by atoms with van der Waals surface area (Å²) in [5.41, 5.74) is 1.44. The Bertz CT molecular complexity index is 843. The number of thiazole rings is 1. The Hall–Kier alpha value is -2.00. The second-order valence-electron chi connectivity index (χ2n) is 5.35. The minimum absolute atomic E-state index is 0.256. The van der Waals surface area contributed by atoms with Crippen LogP contribution in [-0.2, 0) is 16.4 Å². The summed E-state index contributed by atoms with van der Waals surface area (Å²) in [5.74, 6) is 0.0273. The topological polar surface area (TPSA) is 92.3 Å². The summed E-state index contributed by atoms with van der Waals surface area (Å²) >= 11 is 1.24. The zero-order valence-corrected chi connectivity index (χ0v) is 14.4. The van der Waals surface area contributed by atoms with E-state index in [9.17, 15) is 13.2 Å². The Morgan fingerprint density at radius 2 is 2.17 bits per heavy atom. The quantitative estimate of drug-likeness (QED) is 0.909. The van der Waals surface area contributed by atoms with E-state index >= 15 is 0 Å². The first-order chi connectivity index (χ1) is 10.8. The standard InChI is InChI=1S/C14H16N4O3S2/c1-9-5-6-10(8-15-9)16-13(19)14-17-12-11(22-14)4-3-7-18(12)23(2,20)21/h5-6,8H,3-4,7H2,1-2H3,(H,16,19). The molecule has 0 saturated heterocycles. The summed E-state index contributed by atoms with van der Waals surface area (Å²) in [5, 5.41) is 2.98. The van der Waals surface area contributed by atoms with Crippen LogP contribution in [0.4, 0.5) is 11.5 Å². The Balaban J connectivity index is 1.86. The molecule has 0 aliphatic carbocycles. The molecule has 3 heterocycles. The molecule has 0 radical (unpaired) electrons. The van der Waals surface area contributed by atoms with E-state index in [1.165, 1.54) is 15.6 Å². The Kier molecular flexibility index (Phi) is 4.07. The van der Waals surface area contributed by atoms with E-state index in [1.54, 1.807) is 18.3 Å². The summed E-state index contributed by atoms with van der Waals surface area (Å²) in [6.07, 6.45) is 4.19. The van der Waals surface area contributed by atoms with Crippen molar-refractivity contribution in [2.75, 3.05) is 22.4 Å². The van der Waals surface area contributed by atoms with Crippen LogP contribution in [0, 0.1) is 6.92 Å². The lowest BCUT2D eigenvalue weighted by molar-refractivity contribution is 0.102. The summed E-state index contributed by atoms with van der Waals surface area (Å²) in [6.45, 7) is 2.26. The van der Waals surface area contributed by atoms with Crippen molar-refractivity contribution >= 4 is 38.8 Å². The van der Waals surface area contributed by atoms with Gasteiger partial charge in [-0.3, -0.25) is 14.1 Å². The van der Waals surface area contributed by atoms with Crippen molar-refractivity contribution in [1.29, 1.82) is 0 Å². The molecule has 2 aromatic rings. The minimum atomic E-state index is -3.38. The Labute approximate surface area is 138 Å². The smallest absolute Gasteiger partial charge is 0.284 e. The number of hydrogen-bond donors (Lipinski definition) is 1. The zero-order chi connectivity index (χ0) is 16.6. The van der Waals surface area contributed by atoms with E-state index in [4.69, 9.17) is 0 Å². The number of hydrogen-bond acceptors (Lipinski definition) is 6. The van der Waals surface area contributed by atoms with Gasteiger partial charge in [0.05, 0.1) is 23.0 Å². The summed E-state index contributed by atoms with van der Waals surface area (Å²) in [6, 6.07) is 3.56. The maximum atomic E-state index is 12.3. The van der Waals surface area contributed by atoms with Crippen LogP contribution < -0.4 is 9.62 Å². The van der Waals surface area contributed by atoms with Crippen molar-refractivity contribution in [2.24, 2.45) is 0 Å². The number of sulfonamides is 1. The summed E-state index contributed by atoms with van der Waals surface area (Å²) in [4.78, 5) is 21.5. The van der Waals surface area contributed by atoms with Gasteiger partial charge in [0.15, 0.2) is 10.8 Å². The Morgan fingerprint density at radius 3 is 2.83 bits per heavy atom. The molecule has 0 spiro atoms. The number of aromatic nitrogens is 2. The van der Waals surface area contributed by atoms with Gasteiger partial charge in [-0.2, -0.15) is 0 Å². The number of anilines is 2. The number of fused-ring (bicyclic) bond motifs is 1. The van der Waals surface area contributed by atoms with Crippen molar-refractivity contribution in [2.45, 2.75) is 19.8 Å². The molecule has 2 aromatic heterocycles. The first kappa shape index (κ1) is 15.9. The first-order valence-electron chi connectivity index (χ1n) is 7.06. The zero-order valence-electron chi connectivity index (χ0n) is 12.7. The highest BCUT2D eigenvalue weighted by atomic mass is 32.2. The highest BCUT2D eigenvalue weighted by Crippen LogP contribution is 2.33. The van der Waals surface area contributed by atoms with Gasteiger partial charge in [-0.05, 0) is 31.9 Å². The largest absolute Gasteiger partial charge is 0.319 e. The molecule has 1 aliphatic rings. The molecule has 23 heavy (non-hydrogen) atoms. The second-order valence-corrected chi connectivity index (χ2v) is 8.34. The molecule has 1 amide bonds. The van der Waals surface area contributed by atoms with Crippen molar-refractivity contribution < 1.29 is 13.2 Å². The van der Waals surface area contributed by atoms with Gasteiger partial charge >= 0.3 is 0 Å². The highest BCUT2D eigenvalue weighted by molar-refractivity contribution is 7.92. The maximum Gasteiger partial charge on any atom is 0.284 e. The van der Waals surface area contributed by atoms with Crippen molar-refractivity contribution in [3.63, 3.8) is 0 Å². The molecular weight excluding hydrogens is 336 g/mol. The number of nitrogens with one attached hydrogen (secondary N) is 1. The number of carbonyl (C=O) groups excluding carboxylic acids is 1. The number of carbonyl (C=O) groups is 1. The molecule has 0 aromatic carbocycles. The number of amides is 1. The molecule has 3 rings (SSSR count). The fraction of sp³-hybridized carbons (Fsp3) is 0.357. The van der Waals surface area contributed by atoms with E-state index in [-0.39, 0.29) is 10.9 Å². The number of aryl methyl sites for hydroxylation is 2. The predicted molar refractivity (Wildman–Crippen MR) is 89.6 cm³/mol. The van der Waals surface area contributed by atoms with Gasteiger partial charge in [0.25, 0.3) is 5.91 Å². The SMILES string of the molecule is Cc1ccc(NC(=O)c2nc3c(s2)CCCN3S(C)(=O)=O)cn1. The third kappa shape index (κ3) is 3.35. The molecule has 0 atom stereocenters. The van der Waals surface area contributed by atoms with Crippen molar-refractivity contribution in [3.05, 3.63) is 33.9 Å². The third-order valence-corrected chi connectivity index (χ3v) is 5.70. The van der Waals surface area contributed by atoms with E-state index in [0.29, 0.717) is 18.1 Å². The van der Waals surface area contributed by atoms with Gasteiger partial charge in [-0.15, -0.1) is 11.3 Å². The molecule has 0 saturated carbocycles. The first-order valence-corrected chi connectivity index (χ1v) is 9.72. The van der Waals surface area contributed by atoms with Gasteiger partial charge in [-0.25, -0.2) is 13.4 Å². The van der Waals surface area contributed by atoms with Crippen LogP contribution >= 0.6 is 11.3 Å². The molecule has 0 bridgehead atoms. The normalized spacial score (nSPS) is 14.4. The monoisotopic (exact) mass is 352 g/mol. The number of nitrogens with zero attached hydrogens (tertiary/aromatic N) is 3. The van der Waals surface area contributed by atoms with E-state index in [1.807, 2.05) is 6.92 Å². The van der Waals surface area contributed by atoms with Crippen LogP contribution in [0.25, 0.3) is 0 Å². The second kappa shape index (κ2) is 5.89. The van der Waals surface area contributed by atoms with E-state index in [0.717, 1.165) is 29.7 Å². The summed E-state index contributed by atoms with van der Waals surface area (Å²) < 4.78 is 24.9. The van der Waals surface area contributed by atoms with Crippen LogP contribution in [0.2, 0.25) is 0 Å². The van der Waals surface area contributed by atoms with Gasteiger partial charge in [0.2, 0.25) is 10.0 Å². The van der Waals surface area contributed by atoms with Gasteiger partial charge < -0.3 is 5.32 Å². The molecule has 122 valence electrons. The van der Waals surface area contributed by atoms with Gasteiger partial charge in [0, 0.05) is 12.2 Å². The number of pyridine rings is 1. The van der Waals surface area contributed by atoms with E-state index in [2.05, 4.69) is 15.3 Å². The predicted octanol–water partition coefficient (Wildman–Crippen LogP) is 1.81. The van der Waals surface area contributed by atoms with Crippen LogP contribution in [0.3, 0.4) is 0 Å². The van der Waals surface area contributed by atoms with Gasteiger partial charge in [-0.1, -0.05) is 0 Å². The number of rotatable bonds is 3. The molecule has 9 heteroatoms. The lowest BCUT2D eigenvalue weighted by Gasteiger charge is -2.24. The lowest BCUT2D eigenvalue weighted by atomic mass is 10.2. The molecule has 0 fully saturated rings. The van der Waals surface area contributed by atoms with Crippen LogP contribution in [0.5, 0.6) is 0 Å². The molecule has 1 N–H and O–H groups in total. The molecular formula is C14H16N4O3S2. The maximum absolute atomic E-state index is 12.3. The van der Waals surface area contributed by atoms with Crippen LogP contribution in [0.1, 0.15) is 26.8 Å². The highest BCUT2D eigenvalue weighted by Gasteiger charge is 2.29. The molecule has 0 unspecified atom stereocenters. The average Bonchev–Trinajstić information content (AvgIpc) is 2.92. The molecule has 7 nitrogen and oxygen atoms in total. The van der Waals surface area contributed by atoms with Crippen LogP contribution in [0.15, 0.2) is 18.3 Å². The fourth-order valence-corrected chi connectivity index (χ4v) is 4.32.